The third-order valence-electron chi connectivity index (χ3n) is 1.72. The Kier molecular flexibility index (Phi) is 3.73. The van der Waals surface area contributed by atoms with Crippen molar-refractivity contribution in [2.75, 3.05) is 12.8 Å². The molecule has 0 aliphatic carbocycles. The van der Waals surface area contributed by atoms with Crippen molar-refractivity contribution in [2.45, 2.75) is 11.2 Å². The molecule has 0 saturated carbocycles. The third kappa shape index (κ3) is 2.37. The molecule has 76 valence electrons. The maximum Gasteiger partial charge on any atom is 0.343 e. The van der Waals surface area contributed by atoms with Gasteiger partial charge in [-0.1, -0.05) is 11.8 Å². The van der Waals surface area contributed by atoms with E-state index in [0.29, 0.717) is 10.9 Å². The number of nitrogens with zero attached hydrogens (tertiary/aromatic N) is 3. The Labute approximate surface area is 85.3 Å². The van der Waals surface area contributed by atoms with Gasteiger partial charge in [-0.3, -0.25) is 4.57 Å². The Bertz CT molecular complexity index is 390. The molecule has 0 fully saturated rings. The molecule has 1 heterocycles. The first-order chi connectivity index (χ1) is 6.69. The fourth-order valence-corrected chi connectivity index (χ4v) is 1.75. The summed E-state index contributed by atoms with van der Waals surface area (Å²) in [5, 5.41) is 18.2. The molecule has 1 atom stereocenters. The van der Waals surface area contributed by atoms with Gasteiger partial charge in [0, 0.05) is 12.8 Å². The molecular formula is C7H11N5OS. The van der Waals surface area contributed by atoms with Crippen LogP contribution in [-0.4, -0.2) is 33.6 Å². The minimum absolute atomic E-state index is 0.230. The molecule has 0 aromatic carbocycles. The number of thioether (sulfide) groups is 1. The maximum atomic E-state index is 11.0. The summed E-state index contributed by atoms with van der Waals surface area (Å²) in [6.07, 6.45) is 0. The number of hydrogen-bond donors (Lipinski definition) is 2. The molecule has 1 unspecified atom stereocenters. The molecule has 0 aliphatic rings. The van der Waals surface area contributed by atoms with Crippen LogP contribution in [0.1, 0.15) is 0 Å². The van der Waals surface area contributed by atoms with E-state index in [9.17, 15) is 4.79 Å². The number of rotatable bonds is 4. The third-order valence-corrected chi connectivity index (χ3v) is 2.85. The highest BCUT2D eigenvalue weighted by Gasteiger charge is 2.09. The van der Waals surface area contributed by atoms with Gasteiger partial charge in [0.1, 0.15) is 6.04 Å². The lowest BCUT2D eigenvalue weighted by atomic mass is 10.4. The first-order valence-corrected chi connectivity index (χ1v) is 4.98. The molecule has 0 bridgehead atoms. The van der Waals surface area contributed by atoms with Gasteiger partial charge in [-0.25, -0.2) is 9.89 Å². The van der Waals surface area contributed by atoms with E-state index in [1.54, 1.807) is 14.1 Å². The monoisotopic (exact) mass is 213 g/mol. The van der Waals surface area contributed by atoms with Crippen LogP contribution in [0.2, 0.25) is 0 Å². The van der Waals surface area contributed by atoms with E-state index in [1.165, 1.54) is 16.3 Å². The Hall–Kier alpha value is -1.26. The summed E-state index contributed by atoms with van der Waals surface area (Å²) >= 11 is 1.36. The minimum atomic E-state index is -0.245. The predicted molar refractivity (Wildman–Crippen MR) is 53.0 cm³/mol. The summed E-state index contributed by atoms with van der Waals surface area (Å²) in [6.45, 7) is 0. The standard InChI is InChI=1S/C7H11N5OS/c1-9-5(3-8)4-14-7-11-10-6(13)12(7)2/h5,9H,4H2,1-2H3,(H,10,13). The highest BCUT2D eigenvalue weighted by molar-refractivity contribution is 7.99. The number of nitrogens with one attached hydrogen (secondary N) is 2. The van der Waals surface area contributed by atoms with E-state index in [0.717, 1.165) is 0 Å². The molecule has 0 spiro atoms. The number of hydrogen-bond acceptors (Lipinski definition) is 5. The molecule has 1 aromatic rings. The Balaban J connectivity index is 2.58. The molecule has 7 heteroatoms. The quantitative estimate of drug-likeness (QED) is 0.647. The topological polar surface area (TPSA) is 86.5 Å². The Morgan fingerprint density at radius 2 is 2.57 bits per heavy atom. The second-order valence-corrected chi connectivity index (χ2v) is 3.64. The summed E-state index contributed by atoms with van der Waals surface area (Å²) < 4.78 is 1.41. The van der Waals surface area contributed by atoms with Crippen molar-refractivity contribution in [3.63, 3.8) is 0 Å². The fraction of sp³-hybridized carbons (Fsp3) is 0.571. The highest BCUT2D eigenvalue weighted by Crippen LogP contribution is 2.12. The predicted octanol–water partition coefficient (Wildman–Crippen LogP) is -0.688. The fourth-order valence-electron chi connectivity index (χ4n) is 0.805. The van der Waals surface area contributed by atoms with Crippen LogP contribution in [0.4, 0.5) is 0 Å². The lowest BCUT2D eigenvalue weighted by Crippen LogP contribution is -2.25. The van der Waals surface area contributed by atoms with Crippen LogP contribution in [0.25, 0.3) is 0 Å². The highest BCUT2D eigenvalue weighted by atomic mass is 32.2. The average molecular weight is 213 g/mol. The van der Waals surface area contributed by atoms with Gasteiger partial charge in [0.15, 0.2) is 5.16 Å². The van der Waals surface area contributed by atoms with Gasteiger partial charge in [0.25, 0.3) is 0 Å². The zero-order valence-corrected chi connectivity index (χ0v) is 8.76. The van der Waals surface area contributed by atoms with Crippen molar-refractivity contribution in [3.05, 3.63) is 10.5 Å². The van der Waals surface area contributed by atoms with Crippen LogP contribution in [0.5, 0.6) is 0 Å². The van der Waals surface area contributed by atoms with E-state index in [2.05, 4.69) is 21.6 Å². The molecule has 2 N–H and O–H groups in total. The van der Waals surface area contributed by atoms with Crippen LogP contribution in [0.3, 0.4) is 0 Å². The van der Waals surface area contributed by atoms with E-state index in [-0.39, 0.29) is 11.7 Å². The molecule has 14 heavy (non-hydrogen) atoms. The van der Waals surface area contributed by atoms with Gasteiger partial charge in [-0.15, -0.1) is 5.10 Å². The van der Waals surface area contributed by atoms with E-state index in [1.807, 2.05) is 0 Å². The summed E-state index contributed by atoms with van der Waals surface area (Å²) in [7, 11) is 3.35. The summed E-state index contributed by atoms with van der Waals surface area (Å²) in [6, 6.07) is 1.86. The molecule has 0 radical (unpaired) electrons. The maximum absolute atomic E-state index is 11.0. The first kappa shape index (κ1) is 10.8. The van der Waals surface area contributed by atoms with Crippen LogP contribution >= 0.6 is 11.8 Å². The van der Waals surface area contributed by atoms with Crippen LogP contribution in [-0.2, 0) is 7.05 Å². The number of aromatic amines is 1. The van der Waals surface area contributed by atoms with Crippen LogP contribution in [0.15, 0.2) is 9.95 Å². The van der Waals surface area contributed by atoms with Crippen molar-refractivity contribution in [3.8, 4) is 6.07 Å². The molecule has 0 amide bonds. The summed E-state index contributed by atoms with van der Waals surface area (Å²) in [5.41, 5.74) is -0.245. The van der Waals surface area contributed by atoms with Crippen molar-refractivity contribution in [2.24, 2.45) is 7.05 Å². The van der Waals surface area contributed by atoms with Crippen LogP contribution in [0, 0.1) is 11.3 Å². The first-order valence-electron chi connectivity index (χ1n) is 4.00. The second kappa shape index (κ2) is 4.83. The number of nitriles is 1. The molecular weight excluding hydrogens is 202 g/mol. The average Bonchev–Trinajstić information content (AvgIpc) is 2.51. The summed E-state index contributed by atoms with van der Waals surface area (Å²) in [4.78, 5) is 11.0. The van der Waals surface area contributed by atoms with Crippen molar-refractivity contribution < 1.29 is 0 Å². The molecule has 1 rings (SSSR count). The lowest BCUT2D eigenvalue weighted by molar-refractivity contribution is 0.737. The van der Waals surface area contributed by atoms with Crippen molar-refractivity contribution in [1.29, 1.82) is 5.26 Å². The van der Waals surface area contributed by atoms with Gasteiger partial charge in [-0.2, -0.15) is 5.26 Å². The van der Waals surface area contributed by atoms with Crippen LogP contribution < -0.4 is 11.0 Å². The normalized spacial score (nSPS) is 12.4. The minimum Gasteiger partial charge on any atom is -0.304 e. The smallest absolute Gasteiger partial charge is 0.304 e. The van der Waals surface area contributed by atoms with E-state index >= 15 is 0 Å². The largest absolute Gasteiger partial charge is 0.343 e. The number of aromatic nitrogens is 3. The van der Waals surface area contributed by atoms with Crippen molar-refractivity contribution in [1.82, 2.24) is 20.1 Å². The van der Waals surface area contributed by atoms with E-state index < -0.39 is 0 Å². The van der Waals surface area contributed by atoms with Gasteiger partial charge >= 0.3 is 5.69 Å². The zero-order valence-electron chi connectivity index (χ0n) is 7.94. The number of H-pyrrole nitrogens is 1. The zero-order chi connectivity index (χ0) is 10.6. The second-order valence-electron chi connectivity index (χ2n) is 2.65. The Morgan fingerprint density at radius 3 is 3.00 bits per heavy atom. The van der Waals surface area contributed by atoms with Gasteiger partial charge < -0.3 is 5.32 Å². The molecule has 1 aromatic heterocycles. The van der Waals surface area contributed by atoms with Gasteiger partial charge in [0.2, 0.25) is 0 Å². The van der Waals surface area contributed by atoms with Gasteiger partial charge in [-0.05, 0) is 7.05 Å². The SMILES string of the molecule is CNC(C#N)CSc1n[nH]c(=O)n1C. The van der Waals surface area contributed by atoms with Crippen molar-refractivity contribution >= 4 is 11.8 Å². The molecule has 6 nitrogen and oxygen atoms in total. The van der Waals surface area contributed by atoms with Gasteiger partial charge in [0.05, 0.1) is 6.07 Å². The summed E-state index contributed by atoms with van der Waals surface area (Å²) in [5.74, 6) is 0.561. The Morgan fingerprint density at radius 1 is 1.86 bits per heavy atom. The lowest BCUT2D eigenvalue weighted by Gasteiger charge is -2.05. The molecule has 0 saturated heterocycles. The van der Waals surface area contributed by atoms with E-state index in [4.69, 9.17) is 5.26 Å². The molecule has 0 aliphatic heterocycles.